The van der Waals surface area contributed by atoms with Crippen molar-refractivity contribution in [1.82, 2.24) is 25.8 Å². The van der Waals surface area contributed by atoms with Crippen LogP contribution in [-0.2, 0) is 51.0 Å². The average Bonchev–Trinajstić information content (AvgIpc) is 3.96. The zero-order valence-electron chi connectivity index (χ0n) is 40.9. The van der Waals surface area contributed by atoms with Crippen molar-refractivity contribution in [2.45, 2.75) is 110 Å². The molecule has 1 aliphatic carbocycles. The van der Waals surface area contributed by atoms with Crippen LogP contribution >= 0.6 is 22.9 Å². The molecule has 2 heterocycles. The first-order chi connectivity index (χ1) is 33.7. The van der Waals surface area contributed by atoms with Gasteiger partial charge in [-0.15, -0.1) is 22.9 Å². The molecule has 1 aromatic carbocycles. The van der Waals surface area contributed by atoms with Gasteiger partial charge in [-0.1, -0.05) is 44.7 Å². The molecule has 386 valence electrons. The maximum atomic E-state index is 13.7. The van der Waals surface area contributed by atoms with E-state index >= 15 is 0 Å². The Hall–Kier alpha value is -4.46. The van der Waals surface area contributed by atoms with Gasteiger partial charge in [-0.25, -0.2) is 9.59 Å². The number of likely N-dealkylation sites (N-methyl/N-ethyl adjacent to an activating group) is 1. The van der Waals surface area contributed by atoms with Gasteiger partial charge in [0, 0.05) is 56.3 Å². The number of amides is 5. The number of nitrogens with one attached hydrogen (secondary N) is 4. The fourth-order valence-electron chi connectivity index (χ4n) is 7.92. The Labute approximate surface area is 417 Å². The summed E-state index contributed by atoms with van der Waals surface area (Å²) in [5.41, 5.74) is 3.36. The number of anilines is 1. The van der Waals surface area contributed by atoms with Crippen molar-refractivity contribution in [3.05, 3.63) is 53.0 Å². The lowest BCUT2D eigenvalue weighted by Crippen LogP contribution is -2.42. The number of hydrogen-bond donors (Lipinski definition) is 4. The quantitative estimate of drug-likeness (QED) is 0.0331. The third kappa shape index (κ3) is 22.4. The van der Waals surface area contributed by atoms with Crippen molar-refractivity contribution in [1.29, 1.82) is 0 Å². The molecule has 1 fully saturated rings. The van der Waals surface area contributed by atoms with Crippen LogP contribution in [0.4, 0.5) is 15.3 Å². The van der Waals surface area contributed by atoms with Gasteiger partial charge in [0.05, 0.1) is 56.5 Å². The summed E-state index contributed by atoms with van der Waals surface area (Å²) < 4.78 is 34.7. The molecule has 3 aromatic rings. The van der Waals surface area contributed by atoms with Gasteiger partial charge < -0.3 is 59.2 Å². The van der Waals surface area contributed by atoms with Crippen LogP contribution < -0.4 is 26.2 Å². The summed E-state index contributed by atoms with van der Waals surface area (Å²) in [5.74, 6) is 0.396. The van der Waals surface area contributed by atoms with Crippen molar-refractivity contribution in [3.8, 4) is 0 Å². The smallest absolute Gasteiger partial charge is 0.407 e. The number of halogens is 1. The summed E-state index contributed by atoms with van der Waals surface area (Å²) in [6.45, 7) is 9.42. The molecule has 2 aromatic heterocycles. The van der Waals surface area contributed by atoms with Gasteiger partial charge in [0.2, 0.25) is 11.8 Å². The molecule has 19 heteroatoms. The lowest BCUT2D eigenvalue weighted by molar-refractivity contribution is -0.126. The second kappa shape index (κ2) is 34.8. The van der Waals surface area contributed by atoms with E-state index in [-0.39, 0.29) is 62.7 Å². The van der Waals surface area contributed by atoms with E-state index in [1.165, 1.54) is 0 Å². The summed E-state index contributed by atoms with van der Waals surface area (Å²) in [6.07, 6.45) is 10.4. The van der Waals surface area contributed by atoms with Crippen molar-refractivity contribution in [3.63, 3.8) is 0 Å². The second-order valence-corrected chi connectivity index (χ2v) is 18.2. The maximum absolute atomic E-state index is 13.7. The number of alkyl carbamates (subject to hydrolysis) is 2. The monoisotopic (exact) mass is 1000 g/mol. The number of ether oxygens (including phenoxy) is 6. The van der Waals surface area contributed by atoms with Gasteiger partial charge in [0.1, 0.15) is 25.5 Å². The van der Waals surface area contributed by atoms with E-state index in [4.69, 9.17) is 40.0 Å². The molecule has 0 radical (unpaired) electrons. The number of fused-ring (bicyclic) bond motifs is 1. The van der Waals surface area contributed by atoms with E-state index in [1.54, 1.807) is 16.2 Å². The number of thiophene rings is 1. The molecule has 4 rings (SSSR count). The molecular formula is C50H77ClN6O11S. The van der Waals surface area contributed by atoms with E-state index < -0.39 is 12.2 Å². The summed E-state index contributed by atoms with van der Waals surface area (Å²) in [5, 5.41) is 13.6. The summed E-state index contributed by atoms with van der Waals surface area (Å²) in [4.78, 5) is 65.8. The topological polar surface area (TPSA) is 197 Å². The van der Waals surface area contributed by atoms with Crippen LogP contribution in [-0.4, -0.2) is 139 Å². The third-order valence-electron chi connectivity index (χ3n) is 11.8. The minimum absolute atomic E-state index is 0.0471. The van der Waals surface area contributed by atoms with Crippen LogP contribution in [0.3, 0.4) is 0 Å². The highest BCUT2D eigenvalue weighted by atomic mass is 35.5. The minimum Gasteiger partial charge on any atom is -0.447 e. The molecule has 1 saturated carbocycles. The molecular weight excluding hydrogens is 928 g/mol. The lowest BCUT2D eigenvalue weighted by atomic mass is 9.85. The van der Waals surface area contributed by atoms with Gasteiger partial charge in [0.15, 0.2) is 0 Å². The number of carbonyl (C=O) groups is 5. The summed E-state index contributed by atoms with van der Waals surface area (Å²) in [7, 11) is 0. The second-order valence-electron chi connectivity index (χ2n) is 16.9. The highest BCUT2D eigenvalue weighted by Gasteiger charge is 2.29. The number of hydrogen-bond acceptors (Lipinski definition) is 12. The van der Waals surface area contributed by atoms with Gasteiger partial charge in [0.25, 0.3) is 5.91 Å². The SMILES string of the molecule is CCc1cccc(N(CC)C(=O)Cn2c(C(=O)NC3CCC(C(=O)NCCCCCCNC(=O)OCCOCCOCCOC(=O)NCCOCCOCCCCCCCl)CC3)cc3sccc32)c1. The molecule has 69 heavy (non-hydrogen) atoms. The molecule has 17 nitrogen and oxygen atoms in total. The Morgan fingerprint density at radius 2 is 1.29 bits per heavy atom. The van der Waals surface area contributed by atoms with Crippen LogP contribution in [0.15, 0.2) is 41.8 Å². The number of alkyl halides is 1. The average molecular weight is 1010 g/mol. The van der Waals surface area contributed by atoms with Crippen molar-refractivity contribution >= 4 is 68.7 Å². The molecule has 0 unspecified atom stereocenters. The zero-order chi connectivity index (χ0) is 49.3. The largest absolute Gasteiger partial charge is 0.447 e. The first-order valence-electron chi connectivity index (χ1n) is 25.0. The Kier molecular flexibility index (Phi) is 28.8. The van der Waals surface area contributed by atoms with Crippen molar-refractivity contribution in [2.75, 3.05) is 103 Å². The Morgan fingerprint density at radius 3 is 1.96 bits per heavy atom. The third-order valence-corrected chi connectivity index (χ3v) is 12.9. The van der Waals surface area contributed by atoms with Crippen LogP contribution in [0.1, 0.15) is 107 Å². The fraction of sp³-hybridized carbons (Fsp3) is 0.660. The summed E-state index contributed by atoms with van der Waals surface area (Å²) in [6, 6.07) is 11.8. The van der Waals surface area contributed by atoms with Gasteiger partial charge in [-0.05, 0) is 99.9 Å². The first kappa shape index (κ1) is 57.1. The highest BCUT2D eigenvalue weighted by molar-refractivity contribution is 7.17. The fourth-order valence-corrected chi connectivity index (χ4v) is 8.93. The Bertz CT molecular complexity index is 1940. The number of nitrogens with zero attached hydrogens (tertiary/aromatic N) is 2. The molecule has 0 aliphatic heterocycles. The number of aryl methyl sites for hydroxylation is 1. The van der Waals surface area contributed by atoms with Crippen LogP contribution in [0, 0.1) is 5.92 Å². The lowest BCUT2D eigenvalue weighted by Gasteiger charge is -2.28. The Morgan fingerprint density at radius 1 is 0.681 bits per heavy atom. The molecule has 0 spiro atoms. The molecule has 0 atom stereocenters. The van der Waals surface area contributed by atoms with E-state index in [0.29, 0.717) is 103 Å². The van der Waals surface area contributed by atoms with E-state index in [1.807, 2.05) is 47.2 Å². The number of carbonyl (C=O) groups excluding carboxylic acids is 5. The standard InChI is InChI=1S/C50H77ClN6O11S/c1-3-39-14-13-15-42(36-39)56(4-2)46(58)38-57-43-20-35-69-45(43)37-44(57)48(60)55-41-18-16-40(17-19-41)47(59)52-22-10-6-7-11-23-53-49(61)67-33-31-65-29-30-66-32-34-68-50(62)54-24-26-64-28-27-63-25-12-8-5-9-21-51/h13-15,20,35-37,40-41H,3-12,16-19,21-34,38H2,1-2H3,(H,52,59)(H,53,61)(H,54,62)(H,55,60). The van der Waals surface area contributed by atoms with E-state index in [2.05, 4.69) is 34.3 Å². The summed E-state index contributed by atoms with van der Waals surface area (Å²) >= 11 is 7.21. The molecule has 1 aliphatic rings. The predicted octanol–water partition coefficient (Wildman–Crippen LogP) is 7.60. The van der Waals surface area contributed by atoms with Gasteiger partial charge >= 0.3 is 12.2 Å². The normalized spacial score (nSPS) is 14.6. The number of aromatic nitrogens is 1. The number of benzene rings is 1. The number of rotatable bonds is 36. The molecule has 5 amide bonds. The zero-order valence-corrected chi connectivity index (χ0v) is 42.4. The highest BCUT2D eigenvalue weighted by Crippen LogP contribution is 2.28. The predicted molar refractivity (Wildman–Crippen MR) is 270 cm³/mol. The van der Waals surface area contributed by atoms with Crippen LogP contribution in [0.2, 0.25) is 0 Å². The molecule has 0 bridgehead atoms. The molecule has 4 N–H and O–H groups in total. The van der Waals surface area contributed by atoms with Crippen LogP contribution in [0.25, 0.3) is 10.2 Å². The molecule has 0 saturated heterocycles. The Balaban J connectivity index is 0.933. The minimum atomic E-state index is -0.537. The van der Waals surface area contributed by atoms with Crippen LogP contribution in [0.5, 0.6) is 0 Å². The van der Waals surface area contributed by atoms with Crippen molar-refractivity contribution in [2.24, 2.45) is 5.92 Å². The maximum Gasteiger partial charge on any atom is 0.407 e. The van der Waals surface area contributed by atoms with Gasteiger partial charge in [-0.3, -0.25) is 14.4 Å². The van der Waals surface area contributed by atoms with E-state index in [0.717, 1.165) is 79.3 Å². The van der Waals surface area contributed by atoms with Gasteiger partial charge in [-0.2, -0.15) is 0 Å². The first-order valence-corrected chi connectivity index (χ1v) is 26.4. The van der Waals surface area contributed by atoms with Crippen molar-refractivity contribution < 1.29 is 52.4 Å². The van der Waals surface area contributed by atoms with E-state index in [9.17, 15) is 24.0 Å². The number of unbranched alkanes of at least 4 members (excludes halogenated alkanes) is 6.